The zero-order valence-electron chi connectivity index (χ0n) is 16.0. The Balaban J connectivity index is 1.41. The first-order valence-electron chi connectivity index (χ1n) is 9.77. The molecule has 2 amide bonds. The molecule has 0 aliphatic carbocycles. The van der Waals surface area contributed by atoms with E-state index in [4.69, 9.17) is 4.42 Å². The number of furan rings is 1. The van der Waals surface area contributed by atoms with Crippen LogP contribution in [-0.4, -0.2) is 42.9 Å². The highest BCUT2D eigenvalue weighted by Crippen LogP contribution is 2.24. The Hall–Kier alpha value is -2.86. The number of carbonyl (C=O) groups excluding carboxylic acids is 2. The molecule has 1 aromatic carbocycles. The summed E-state index contributed by atoms with van der Waals surface area (Å²) in [7, 11) is 0. The van der Waals surface area contributed by atoms with Crippen LogP contribution in [0.2, 0.25) is 0 Å². The van der Waals surface area contributed by atoms with E-state index in [1.807, 2.05) is 18.2 Å². The van der Waals surface area contributed by atoms with Gasteiger partial charge in [-0.15, -0.1) is 0 Å². The number of nitrogens with zero attached hydrogens (tertiary/aromatic N) is 1. The van der Waals surface area contributed by atoms with Gasteiger partial charge >= 0.3 is 0 Å². The lowest BCUT2D eigenvalue weighted by atomic mass is 10.1. The van der Waals surface area contributed by atoms with Crippen LogP contribution in [0.5, 0.6) is 0 Å². The van der Waals surface area contributed by atoms with Gasteiger partial charge in [0, 0.05) is 25.6 Å². The number of benzene rings is 1. The number of likely N-dealkylation sites (tertiary alicyclic amines) is 1. The molecular formula is C22H27N3O3. The molecule has 2 aromatic rings. The van der Waals surface area contributed by atoms with E-state index in [0.717, 1.165) is 13.1 Å². The van der Waals surface area contributed by atoms with Crippen LogP contribution in [-0.2, 0) is 9.59 Å². The van der Waals surface area contributed by atoms with Crippen LogP contribution >= 0.6 is 0 Å². The van der Waals surface area contributed by atoms with Crippen molar-refractivity contribution >= 4 is 17.9 Å². The van der Waals surface area contributed by atoms with Crippen LogP contribution in [0.3, 0.4) is 0 Å². The fourth-order valence-electron chi connectivity index (χ4n) is 3.39. The molecule has 2 heterocycles. The molecule has 1 atom stereocenters. The van der Waals surface area contributed by atoms with Crippen molar-refractivity contribution in [2.24, 2.45) is 0 Å². The fourth-order valence-corrected chi connectivity index (χ4v) is 3.39. The Morgan fingerprint density at radius 3 is 2.57 bits per heavy atom. The summed E-state index contributed by atoms with van der Waals surface area (Å²) in [6, 6.07) is 14.0. The van der Waals surface area contributed by atoms with E-state index in [1.165, 1.54) is 24.5 Å². The lowest BCUT2D eigenvalue weighted by Crippen LogP contribution is -2.37. The molecule has 0 radical (unpaired) electrons. The van der Waals surface area contributed by atoms with Gasteiger partial charge in [-0.05, 0) is 49.7 Å². The summed E-state index contributed by atoms with van der Waals surface area (Å²) in [5.74, 6) is 0.306. The van der Waals surface area contributed by atoms with Gasteiger partial charge in [-0.25, -0.2) is 0 Å². The van der Waals surface area contributed by atoms with E-state index >= 15 is 0 Å². The Bertz CT molecular complexity index is 766. The van der Waals surface area contributed by atoms with Gasteiger partial charge in [-0.1, -0.05) is 30.3 Å². The van der Waals surface area contributed by atoms with Crippen molar-refractivity contribution in [3.63, 3.8) is 0 Å². The molecule has 2 N–H and O–H groups in total. The minimum absolute atomic E-state index is 0.0598. The minimum atomic E-state index is -0.247. The van der Waals surface area contributed by atoms with Gasteiger partial charge in [0.2, 0.25) is 11.8 Å². The van der Waals surface area contributed by atoms with Crippen molar-refractivity contribution in [3.8, 4) is 0 Å². The van der Waals surface area contributed by atoms with E-state index in [0.29, 0.717) is 18.8 Å². The molecule has 1 saturated heterocycles. The first-order valence-corrected chi connectivity index (χ1v) is 9.77. The van der Waals surface area contributed by atoms with E-state index in [9.17, 15) is 9.59 Å². The molecule has 1 fully saturated rings. The van der Waals surface area contributed by atoms with Crippen molar-refractivity contribution in [1.82, 2.24) is 15.5 Å². The summed E-state index contributed by atoms with van der Waals surface area (Å²) in [6.07, 6.45) is 7.20. The average Bonchev–Trinajstić information content (AvgIpc) is 3.42. The monoisotopic (exact) mass is 381 g/mol. The Morgan fingerprint density at radius 1 is 1.07 bits per heavy atom. The van der Waals surface area contributed by atoms with E-state index in [-0.39, 0.29) is 24.3 Å². The maximum atomic E-state index is 12.2. The topological polar surface area (TPSA) is 74.6 Å². The number of nitrogens with one attached hydrogen (secondary N) is 2. The Morgan fingerprint density at radius 2 is 1.86 bits per heavy atom. The second-order valence-corrected chi connectivity index (χ2v) is 6.86. The van der Waals surface area contributed by atoms with Gasteiger partial charge in [-0.3, -0.25) is 14.5 Å². The van der Waals surface area contributed by atoms with Crippen LogP contribution in [0.25, 0.3) is 6.08 Å². The SMILES string of the molecule is O=C(/C=C/c1ccco1)NCCC(=O)NCC(c1ccccc1)N1CCCC1. The summed E-state index contributed by atoms with van der Waals surface area (Å²) in [6.45, 7) is 3.00. The third-order valence-electron chi connectivity index (χ3n) is 4.85. The molecule has 0 saturated carbocycles. The Labute approximate surface area is 165 Å². The Kier molecular flexibility index (Phi) is 7.44. The number of hydrogen-bond acceptors (Lipinski definition) is 4. The maximum absolute atomic E-state index is 12.2. The quantitative estimate of drug-likeness (QED) is 0.655. The molecule has 148 valence electrons. The lowest BCUT2D eigenvalue weighted by Gasteiger charge is -2.28. The molecule has 1 unspecified atom stereocenters. The summed E-state index contributed by atoms with van der Waals surface area (Å²) < 4.78 is 5.12. The zero-order valence-corrected chi connectivity index (χ0v) is 16.0. The highest BCUT2D eigenvalue weighted by molar-refractivity contribution is 5.91. The normalized spacial score (nSPS) is 15.6. The van der Waals surface area contributed by atoms with E-state index in [1.54, 1.807) is 24.5 Å². The van der Waals surface area contributed by atoms with E-state index < -0.39 is 0 Å². The number of hydrogen-bond donors (Lipinski definition) is 2. The van der Waals surface area contributed by atoms with Gasteiger partial charge in [0.25, 0.3) is 0 Å². The summed E-state index contributed by atoms with van der Waals surface area (Å²) in [5.41, 5.74) is 1.22. The van der Waals surface area contributed by atoms with Gasteiger partial charge in [0.1, 0.15) is 5.76 Å². The van der Waals surface area contributed by atoms with Gasteiger partial charge in [-0.2, -0.15) is 0 Å². The van der Waals surface area contributed by atoms with Gasteiger partial charge < -0.3 is 15.1 Å². The lowest BCUT2D eigenvalue weighted by molar-refractivity contribution is -0.121. The fraction of sp³-hybridized carbons (Fsp3) is 0.364. The highest BCUT2D eigenvalue weighted by Gasteiger charge is 2.23. The highest BCUT2D eigenvalue weighted by atomic mass is 16.3. The molecule has 0 bridgehead atoms. The molecule has 0 spiro atoms. The van der Waals surface area contributed by atoms with Crippen molar-refractivity contribution in [3.05, 3.63) is 66.1 Å². The van der Waals surface area contributed by atoms with Gasteiger partial charge in [0.05, 0.1) is 12.3 Å². The predicted octanol–water partition coefficient (Wildman–Crippen LogP) is 2.75. The first-order chi connectivity index (χ1) is 13.7. The average molecular weight is 381 g/mol. The summed E-state index contributed by atoms with van der Waals surface area (Å²) >= 11 is 0. The molecule has 28 heavy (non-hydrogen) atoms. The standard InChI is InChI=1S/C22H27N3O3/c26-21(11-10-19-9-6-16-28-19)23-13-12-22(27)24-17-20(25-14-4-5-15-25)18-7-2-1-3-8-18/h1-3,6-11,16,20H,4-5,12-15,17H2,(H,23,26)(H,24,27)/b11-10+. The largest absolute Gasteiger partial charge is 0.465 e. The zero-order chi connectivity index (χ0) is 19.6. The van der Waals surface area contributed by atoms with Crippen LogP contribution in [0, 0.1) is 0 Å². The molecule has 1 aliphatic heterocycles. The van der Waals surface area contributed by atoms with E-state index in [2.05, 4.69) is 27.7 Å². The van der Waals surface area contributed by atoms with Crippen LogP contribution in [0.1, 0.15) is 36.6 Å². The molecular weight excluding hydrogens is 354 g/mol. The predicted molar refractivity (Wildman–Crippen MR) is 108 cm³/mol. The molecule has 1 aliphatic rings. The van der Waals surface area contributed by atoms with Crippen molar-refractivity contribution in [2.75, 3.05) is 26.2 Å². The molecule has 1 aromatic heterocycles. The van der Waals surface area contributed by atoms with Crippen molar-refractivity contribution < 1.29 is 14.0 Å². The summed E-state index contributed by atoms with van der Waals surface area (Å²) in [4.78, 5) is 26.4. The first kappa shape index (κ1) is 19.9. The minimum Gasteiger partial charge on any atom is -0.465 e. The van der Waals surface area contributed by atoms with Crippen LogP contribution < -0.4 is 10.6 Å². The molecule has 3 rings (SSSR count). The summed E-state index contributed by atoms with van der Waals surface area (Å²) in [5, 5.41) is 5.73. The number of amides is 2. The van der Waals surface area contributed by atoms with Crippen LogP contribution in [0.4, 0.5) is 0 Å². The third-order valence-corrected chi connectivity index (χ3v) is 4.85. The second-order valence-electron chi connectivity index (χ2n) is 6.86. The maximum Gasteiger partial charge on any atom is 0.244 e. The van der Waals surface area contributed by atoms with Crippen molar-refractivity contribution in [2.45, 2.75) is 25.3 Å². The second kappa shape index (κ2) is 10.5. The number of rotatable bonds is 9. The van der Waals surface area contributed by atoms with Gasteiger partial charge in [0.15, 0.2) is 0 Å². The molecule has 6 nitrogen and oxygen atoms in total. The van der Waals surface area contributed by atoms with Crippen molar-refractivity contribution in [1.29, 1.82) is 0 Å². The third kappa shape index (κ3) is 6.09. The molecule has 6 heteroatoms. The smallest absolute Gasteiger partial charge is 0.244 e. The van der Waals surface area contributed by atoms with Crippen LogP contribution in [0.15, 0.2) is 59.2 Å². The number of carbonyl (C=O) groups is 2.